The van der Waals surface area contributed by atoms with E-state index < -0.39 is 29.1 Å². The van der Waals surface area contributed by atoms with Gasteiger partial charge < -0.3 is 10.4 Å². The van der Waals surface area contributed by atoms with Crippen LogP contribution in [-0.4, -0.2) is 38.5 Å². The number of sulfonamides is 1. The van der Waals surface area contributed by atoms with E-state index in [9.17, 15) is 22.0 Å². The first-order chi connectivity index (χ1) is 9.64. The van der Waals surface area contributed by atoms with Crippen LogP contribution >= 0.6 is 15.9 Å². The maximum Gasteiger partial charge on any atom is 0.283 e. The summed E-state index contributed by atoms with van der Waals surface area (Å²) in [5.74, 6) is -3.82. The van der Waals surface area contributed by atoms with Crippen molar-refractivity contribution in [2.24, 2.45) is 0 Å². The molecule has 21 heavy (non-hydrogen) atoms. The van der Waals surface area contributed by atoms with Crippen LogP contribution in [0.5, 0.6) is 0 Å². The lowest BCUT2D eigenvalue weighted by molar-refractivity contribution is -0.115. The predicted molar refractivity (Wildman–Crippen MR) is 73.7 cm³/mol. The molecule has 0 aromatic heterocycles. The number of rotatable bonds is 5. The van der Waals surface area contributed by atoms with Gasteiger partial charge in [0.05, 0.1) is 17.9 Å². The highest BCUT2D eigenvalue weighted by Gasteiger charge is 2.31. The molecule has 1 aliphatic rings. The maximum atomic E-state index is 12.9. The molecule has 6 nitrogen and oxygen atoms in total. The largest absolute Gasteiger partial charge is 0.390 e. The number of hydrogen-bond acceptors (Lipinski definition) is 4. The maximum absolute atomic E-state index is 12.9. The number of anilines is 1. The summed E-state index contributed by atoms with van der Waals surface area (Å²) in [5.41, 5.74) is 0.948. The zero-order chi connectivity index (χ0) is 15.8. The third-order valence-corrected chi connectivity index (χ3v) is 5.18. The first-order valence-electron chi connectivity index (χ1n) is 5.75. The third-order valence-electron chi connectivity index (χ3n) is 2.82. The van der Waals surface area contributed by atoms with E-state index in [4.69, 9.17) is 5.11 Å². The van der Waals surface area contributed by atoms with Gasteiger partial charge in [-0.15, -0.1) is 0 Å². The molecule has 1 aromatic rings. The highest BCUT2D eigenvalue weighted by atomic mass is 79.9. The van der Waals surface area contributed by atoms with Crippen LogP contribution in [-0.2, 0) is 21.2 Å². The summed E-state index contributed by atoms with van der Waals surface area (Å²) >= 11 is 3.04. The molecule has 1 aromatic carbocycles. The van der Waals surface area contributed by atoms with Crippen molar-refractivity contribution < 1.29 is 27.1 Å². The summed E-state index contributed by atoms with van der Waals surface area (Å²) < 4.78 is 51.8. The number of aliphatic hydroxyl groups is 1. The van der Waals surface area contributed by atoms with Crippen LogP contribution in [0.4, 0.5) is 14.5 Å². The van der Waals surface area contributed by atoms with Crippen molar-refractivity contribution in [3.8, 4) is 0 Å². The van der Waals surface area contributed by atoms with Gasteiger partial charge in [0.1, 0.15) is 6.61 Å². The molecule has 0 unspecified atom stereocenters. The molecular formula is C11H11BrF2N2O4S. The van der Waals surface area contributed by atoms with E-state index in [-0.39, 0.29) is 21.7 Å². The van der Waals surface area contributed by atoms with Gasteiger partial charge in [-0.05, 0) is 33.6 Å². The Bertz CT molecular complexity index is 694. The van der Waals surface area contributed by atoms with Crippen LogP contribution in [0.3, 0.4) is 0 Å². The summed E-state index contributed by atoms with van der Waals surface area (Å²) in [6, 6.07) is 2.65. The zero-order valence-corrected chi connectivity index (χ0v) is 12.9. The molecule has 2 rings (SSSR count). The minimum atomic E-state index is -4.20. The van der Waals surface area contributed by atoms with Gasteiger partial charge in [0.2, 0.25) is 15.9 Å². The van der Waals surface area contributed by atoms with Gasteiger partial charge in [-0.2, -0.15) is 0 Å². The Morgan fingerprint density at radius 2 is 2.10 bits per heavy atom. The van der Waals surface area contributed by atoms with E-state index in [0.29, 0.717) is 11.3 Å². The summed E-state index contributed by atoms with van der Waals surface area (Å²) in [6.07, 6.45) is 0.0257. The third kappa shape index (κ3) is 3.57. The van der Waals surface area contributed by atoms with E-state index in [1.165, 1.54) is 12.1 Å². The van der Waals surface area contributed by atoms with Crippen LogP contribution in [0.15, 0.2) is 21.5 Å². The first-order valence-corrected chi connectivity index (χ1v) is 8.03. The first kappa shape index (κ1) is 16.3. The molecule has 0 radical (unpaired) electrons. The van der Waals surface area contributed by atoms with Crippen LogP contribution in [0, 0.1) is 0 Å². The molecule has 0 atom stereocenters. The van der Waals surface area contributed by atoms with E-state index in [1.807, 2.05) is 0 Å². The molecule has 0 bridgehead atoms. The smallest absolute Gasteiger partial charge is 0.283 e. The Kier molecular flexibility index (Phi) is 4.34. The van der Waals surface area contributed by atoms with Crippen molar-refractivity contribution in [3.05, 3.63) is 22.2 Å². The fourth-order valence-electron chi connectivity index (χ4n) is 1.77. The minimum Gasteiger partial charge on any atom is -0.390 e. The Hall–Kier alpha value is -1.10. The van der Waals surface area contributed by atoms with Crippen LogP contribution in [0.2, 0.25) is 0 Å². The molecule has 0 saturated carbocycles. The lowest BCUT2D eigenvalue weighted by Crippen LogP contribution is -2.39. The quantitative estimate of drug-likeness (QED) is 0.701. The number of hydrogen-bond donors (Lipinski definition) is 3. The minimum absolute atomic E-state index is 0.0257. The van der Waals surface area contributed by atoms with Crippen LogP contribution in [0.1, 0.15) is 5.56 Å². The van der Waals surface area contributed by atoms with Crippen molar-refractivity contribution in [1.29, 1.82) is 0 Å². The normalized spacial score (nSPS) is 15.0. The van der Waals surface area contributed by atoms with E-state index >= 15 is 0 Å². The van der Waals surface area contributed by atoms with Crippen molar-refractivity contribution in [2.75, 3.05) is 18.5 Å². The number of alkyl halides is 2. The molecular weight excluding hydrogens is 374 g/mol. The summed E-state index contributed by atoms with van der Waals surface area (Å²) in [7, 11) is -4.20. The fourth-order valence-corrected chi connectivity index (χ4v) is 3.92. The lowest BCUT2D eigenvalue weighted by atomic mass is 10.2. The number of carbonyl (C=O) groups excluding carboxylic acids is 1. The summed E-state index contributed by atoms with van der Waals surface area (Å²) in [5, 5.41) is 11.0. The lowest BCUT2D eigenvalue weighted by Gasteiger charge is -2.15. The van der Waals surface area contributed by atoms with Crippen LogP contribution < -0.4 is 10.0 Å². The standard InChI is InChI=1S/C11H11BrF2N2O4S/c12-7-3-8-6(2-10(18)16-8)1-9(7)21(19,20)15-4-11(13,14)5-17/h1,3,15,17H,2,4-5H2,(H,16,18). The van der Waals surface area contributed by atoms with Gasteiger partial charge in [0.25, 0.3) is 5.92 Å². The number of aliphatic hydroxyl groups excluding tert-OH is 1. The number of benzene rings is 1. The summed E-state index contributed by atoms with van der Waals surface area (Å²) in [6.45, 7) is -2.67. The molecule has 1 heterocycles. The van der Waals surface area contributed by atoms with E-state index in [1.54, 1.807) is 4.72 Å². The Morgan fingerprint density at radius 3 is 2.71 bits per heavy atom. The average Bonchev–Trinajstić information content (AvgIpc) is 2.75. The molecule has 0 spiro atoms. The fraction of sp³-hybridized carbons (Fsp3) is 0.364. The topological polar surface area (TPSA) is 95.5 Å². The Morgan fingerprint density at radius 1 is 1.43 bits per heavy atom. The average molecular weight is 385 g/mol. The Labute approximate surface area is 127 Å². The number of fused-ring (bicyclic) bond motifs is 1. The molecule has 1 amide bonds. The SMILES string of the molecule is O=C1Cc2cc(S(=O)(=O)NCC(F)(F)CO)c(Br)cc2N1. The number of halogens is 3. The van der Waals surface area contributed by atoms with Gasteiger partial charge in [-0.3, -0.25) is 4.79 Å². The second kappa shape index (κ2) is 5.59. The summed E-state index contributed by atoms with van der Waals surface area (Å²) in [4.78, 5) is 11.0. The van der Waals surface area contributed by atoms with E-state index in [0.717, 1.165) is 0 Å². The van der Waals surface area contributed by atoms with Crippen molar-refractivity contribution in [3.63, 3.8) is 0 Å². The number of amides is 1. The molecule has 0 saturated heterocycles. The van der Waals surface area contributed by atoms with E-state index in [2.05, 4.69) is 21.2 Å². The Balaban J connectivity index is 2.29. The highest BCUT2D eigenvalue weighted by Crippen LogP contribution is 2.32. The van der Waals surface area contributed by atoms with Gasteiger partial charge in [0, 0.05) is 10.2 Å². The van der Waals surface area contributed by atoms with Gasteiger partial charge in [-0.25, -0.2) is 21.9 Å². The van der Waals surface area contributed by atoms with Crippen LogP contribution in [0.25, 0.3) is 0 Å². The second-order valence-corrected chi connectivity index (χ2v) is 7.09. The zero-order valence-electron chi connectivity index (χ0n) is 10.5. The van der Waals surface area contributed by atoms with Gasteiger partial charge in [0.15, 0.2) is 0 Å². The molecule has 0 fully saturated rings. The molecule has 0 aliphatic carbocycles. The predicted octanol–water partition coefficient (Wildman–Crippen LogP) is 0.850. The second-order valence-electron chi connectivity index (χ2n) is 4.50. The number of nitrogens with one attached hydrogen (secondary N) is 2. The molecule has 1 aliphatic heterocycles. The van der Waals surface area contributed by atoms with Crippen molar-refractivity contribution in [2.45, 2.75) is 17.2 Å². The number of carbonyl (C=O) groups is 1. The van der Waals surface area contributed by atoms with Crippen molar-refractivity contribution >= 4 is 37.5 Å². The molecule has 10 heteroatoms. The van der Waals surface area contributed by atoms with Gasteiger partial charge >= 0.3 is 0 Å². The van der Waals surface area contributed by atoms with Crippen molar-refractivity contribution in [1.82, 2.24) is 4.72 Å². The molecule has 3 N–H and O–H groups in total. The van der Waals surface area contributed by atoms with Gasteiger partial charge in [-0.1, -0.05) is 0 Å². The molecule has 116 valence electrons. The highest BCUT2D eigenvalue weighted by molar-refractivity contribution is 9.10. The monoisotopic (exact) mass is 384 g/mol.